The summed E-state index contributed by atoms with van der Waals surface area (Å²) in [6, 6.07) is 15.5. The number of rotatable bonds is 3. The van der Waals surface area contributed by atoms with Gasteiger partial charge in [-0.3, -0.25) is 4.98 Å². The summed E-state index contributed by atoms with van der Waals surface area (Å²) in [5, 5.41) is 0. The van der Waals surface area contributed by atoms with Crippen LogP contribution < -0.4 is 0 Å². The van der Waals surface area contributed by atoms with E-state index in [4.69, 9.17) is 4.98 Å². The summed E-state index contributed by atoms with van der Waals surface area (Å²) in [6.07, 6.45) is 3.09. The zero-order valence-corrected chi connectivity index (χ0v) is 17.8. The minimum Gasteiger partial charge on any atom is -0.256 e. The van der Waals surface area contributed by atoms with E-state index in [0.717, 1.165) is 12.1 Å². The summed E-state index contributed by atoms with van der Waals surface area (Å²) < 4.78 is 0. The highest BCUT2D eigenvalue weighted by Gasteiger charge is 2.16. The van der Waals surface area contributed by atoms with Gasteiger partial charge in [0.2, 0.25) is 0 Å². The zero-order chi connectivity index (χ0) is 19.8. The van der Waals surface area contributed by atoms with Crippen LogP contribution in [0.3, 0.4) is 0 Å². The fourth-order valence-electron chi connectivity index (χ4n) is 3.77. The topological polar surface area (TPSA) is 12.9 Å². The molecule has 0 unspecified atom stereocenters. The van der Waals surface area contributed by atoms with Crippen LogP contribution in [0, 0.1) is 33.1 Å². The Bertz CT molecular complexity index is 974. The van der Waals surface area contributed by atoms with Crippen LogP contribution in [0.2, 0.25) is 0 Å². The molecule has 0 N–H and O–H groups in total. The number of pyridine rings is 1. The van der Waals surface area contributed by atoms with Crippen molar-refractivity contribution in [2.75, 3.05) is 0 Å². The van der Waals surface area contributed by atoms with E-state index in [1.165, 1.54) is 44.5 Å². The molecule has 0 aliphatic heterocycles. The average molecular weight is 358 g/mol. The Morgan fingerprint density at radius 3 is 2.04 bits per heavy atom. The standard InChI is InChI=1S/C26H31N/c1-17-10-8-9-11-22(17)23-14-24(19(3)12-18(23)2)25-13-21(15-26(5,6)7)20(4)16-27-25/h8-14,16H,15H2,1-7H3. The molecule has 0 bridgehead atoms. The van der Waals surface area contributed by atoms with E-state index in [-0.39, 0.29) is 5.41 Å². The molecule has 1 nitrogen and oxygen atoms in total. The van der Waals surface area contributed by atoms with Gasteiger partial charge in [-0.2, -0.15) is 0 Å². The Morgan fingerprint density at radius 1 is 0.704 bits per heavy atom. The van der Waals surface area contributed by atoms with E-state index in [2.05, 4.69) is 90.9 Å². The van der Waals surface area contributed by atoms with Gasteiger partial charge >= 0.3 is 0 Å². The number of aromatic nitrogens is 1. The van der Waals surface area contributed by atoms with Crippen molar-refractivity contribution in [3.05, 3.63) is 76.5 Å². The van der Waals surface area contributed by atoms with Gasteiger partial charge in [0.15, 0.2) is 0 Å². The van der Waals surface area contributed by atoms with Gasteiger partial charge in [0.25, 0.3) is 0 Å². The van der Waals surface area contributed by atoms with Crippen molar-refractivity contribution >= 4 is 0 Å². The monoisotopic (exact) mass is 357 g/mol. The third-order valence-electron chi connectivity index (χ3n) is 5.22. The van der Waals surface area contributed by atoms with Gasteiger partial charge in [0.1, 0.15) is 0 Å². The molecule has 3 aromatic rings. The maximum Gasteiger partial charge on any atom is 0.0707 e. The number of hydrogen-bond acceptors (Lipinski definition) is 1. The van der Waals surface area contributed by atoms with E-state index in [0.29, 0.717) is 0 Å². The van der Waals surface area contributed by atoms with Crippen LogP contribution in [0.15, 0.2) is 48.7 Å². The number of nitrogens with zero attached hydrogens (tertiary/aromatic N) is 1. The molecule has 140 valence electrons. The first-order valence-corrected chi connectivity index (χ1v) is 9.79. The Labute approximate surface area is 164 Å². The van der Waals surface area contributed by atoms with Gasteiger partial charge in [-0.25, -0.2) is 0 Å². The summed E-state index contributed by atoms with van der Waals surface area (Å²) >= 11 is 0. The van der Waals surface area contributed by atoms with Crippen molar-refractivity contribution in [2.45, 2.75) is 54.9 Å². The van der Waals surface area contributed by atoms with Gasteiger partial charge in [-0.1, -0.05) is 51.1 Å². The average Bonchev–Trinajstić information content (AvgIpc) is 2.57. The molecule has 1 heteroatoms. The van der Waals surface area contributed by atoms with E-state index < -0.39 is 0 Å². The largest absolute Gasteiger partial charge is 0.256 e. The Morgan fingerprint density at radius 2 is 1.37 bits per heavy atom. The second-order valence-electron chi connectivity index (χ2n) is 9.03. The molecule has 1 aromatic heterocycles. The second kappa shape index (κ2) is 7.31. The molecule has 0 saturated heterocycles. The van der Waals surface area contributed by atoms with Crippen molar-refractivity contribution < 1.29 is 0 Å². The van der Waals surface area contributed by atoms with Crippen molar-refractivity contribution in [1.29, 1.82) is 0 Å². The normalized spacial score (nSPS) is 11.7. The quantitative estimate of drug-likeness (QED) is 0.481. The molecule has 0 spiro atoms. The highest BCUT2D eigenvalue weighted by molar-refractivity contribution is 5.78. The third-order valence-corrected chi connectivity index (χ3v) is 5.22. The van der Waals surface area contributed by atoms with Crippen LogP contribution in [-0.2, 0) is 6.42 Å². The lowest BCUT2D eigenvalue weighted by Crippen LogP contribution is -2.10. The van der Waals surface area contributed by atoms with Crippen LogP contribution in [0.5, 0.6) is 0 Å². The third kappa shape index (κ3) is 4.30. The smallest absolute Gasteiger partial charge is 0.0707 e. The van der Waals surface area contributed by atoms with E-state index >= 15 is 0 Å². The maximum absolute atomic E-state index is 4.79. The predicted octanol–water partition coefficient (Wildman–Crippen LogP) is 7.24. The molecule has 0 amide bonds. The molecule has 3 rings (SSSR count). The Kier molecular flexibility index (Phi) is 5.24. The minimum absolute atomic E-state index is 0.262. The first kappa shape index (κ1) is 19.4. The first-order valence-electron chi connectivity index (χ1n) is 9.79. The van der Waals surface area contributed by atoms with Gasteiger partial charge in [-0.15, -0.1) is 0 Å². The highest BCUT2D eigenvalue weighted by Crippen LogP contribution is 2.34. The van der Waals surface area contributed by atoms with Crippen LogP contribution in [0.1, 0.15) is 48.6 Å². The molecule has 0 atom stereocenters. The second-order valence-corrected chi connectivity index (χ2v) is 9.03. The molecule has 1 heterocycles. The zero-order valence-electron chi connectivity index (χ0n) is 17.8. The number of hydrogen-bond donors (Lipinski definition) is 0. The predicted molar refractivity (Wildman–Crippen MR) is 117 cm³/mol. The molecule has 0 fully saturated rings. The summed E-state index contributed by atoms with van der Waals surface area (Å²) in [5.74, 6) is 0. The molecule has 0 aliphatic rings. The Balaban J connectivity index is 2.14. The lowest BCUT2D eigenvalue weighted by atomic mass is 9.86. The van der Waals surface area contributed by atoms with Crippen LogP contribution in [0.25, 0.3) is 22.4 Å². The minimum atomic E-state index is 0.262. The van der Waals surface area contributed by atoms with E-state index in [1.807, 2.05) is 6.20 Å². The molecule has 0 saturated carbocycles. The van der Waals surface area contributed by atoms with Crippen LogP contribution in [0.4, 0.5) is 0 Å². The SMILES string of the molecule is Cc1cnc(-c2cc(-c3ccccc3C)c(C)cc2C)cc1CC(C)(C)C. The van der Waals surface area contributed by atoms with Crippen molar-refractivity contribution in [1.82, 2.24) is 4.98 Å². The van der Waals surface area contributed by atoms with Crippen molar-refractivity contribution in [2.24, 2.45) is 5.41 Å². The van der Waals surface area contributed by atoms with Gasteiger partial charge in [-0.05, 0) is 90.6 Å². The molecule has 0 aliphatic carbocycles. The van der Waals surface area contributed by atoms with Gasteiger partial charge in [0, 0.05) is 11.8 Å². The summed E-state index contributed by atoms with van der Waals surface area (Å²) in [6.45, 7) is 15.6. The summed E-state index contributed by atoms with van der Waals surface area (Å²) in [5.41, 5.74) is 11.7. The fraction of sp³-hybridized carbons (Fsp3) is 0.346. The van der Waals surface area contributed by atoms with Gasteiger partial charge < -0.3 is 0 Å². The first-order chi connectivity index (χ1) is 12.7. The van der Waals surface area contributed by atoms with Crippen molar-refractivity contribution in [3.8, 4) is 22.4 Å². The maximum atomic E-state index is 4.79. The number of benzene rings is 2. The molecule has 0 radical (unpaired) electrons. The Hall–Kier alpha value is -2.41. The lowest BCUT2D eigenvalue weighted by molar-refractivity contribution is 0.410. The van der Waals surface area contributed by atoms with Gasteiger partial charge in [0.05, 0.1) is 5.69 Å². The summed E-state index contributed by atoms with van der Waals surface area (Å²) in [7, 11) is 0. The highest BCUT2D eigenvalue weighted by atomic mass is 14.7. The molecule has 2 aromatic carbocycles. The van der Waals surface area contributed by atoms with E-state index in [1.54, 1.807) is 0 Å². The van der Waals surface area contributed by atoms with Crippen LogP contribution in [-0.4, -0.2) is 4.98 Å². The molecule has 27 heavy (non-hydrogen) atoms. The lowest BCUT2D eigenvalue weighted by Gasteiger charge is -2.20. The molecular formula is C26H31N. The number of aryl methyl sites for hydroxylation is 4. The van der Waals surface area contributed by atoms with E-state index in [9.17, 15) is 0 Å². The van der Waals surface area contributed by atoms with Crippen molar-refractivity contribution in [3.63, 3.8) is 0 Å². The summed E-state index contributed by atoms with van der Waals surface area (Å²) in [4.78, 5) is 4.79. The fourth-order valence-corrected chi connectivity index (χ4v) is 3.77. The van der Waals surface area contributed by atoms with Crippen LogP contribution >= 0.6 is 0 Å². The molecular weight excluding hydrogens is 326 g/mol.